The first-order valence-electron chi connectivity index (χ1n) is 9.32. The summed E-state index contributed by atoms with van der Waals surface area (Å²) in [5.74, 6) is 0.615. The minimum absolute atomic E-state index is 0.0139. The normalized spacial score (nSPS) is 14.5. The lowest BCUT2D eigenvalue weighted by molar-refractivity contribution is 0.100. The van der Waals surface area contributed by atoms with E-state index in [0.29, 0.717) is 16.9 Å². The fourth-order valence-corrected chi connectivity index (χ4v) is 3.41. The summed E-state index contributed by atoms with van der Waals surface area (Å²) in [5, 5.41) is 4.78. The smallest absolute Gasteiger partial charge is 0.196 e. The highest BCUT2D eigenvalue weighted by atomic mass is 16.5. The molecule has 0 unspecified atom stereocenters. The Kier molecular flexibility index (Phi) is 4.26. The topological polar surface area (TPSA) is 57.0 Å². The predicted molar refractivity (Wildman–Crippen MR) is 111 cm³/mol. The van der Waals surface area contributed by atoms with Gasteiger partial charge in [0.1, 0.15) is 18.1 Å². The molecule has 0 saturated heterocycles. The van der Waals surface area contributed by atoms with E-state index in [9.17, 15) is 4.79 Å². The van der Waals surface area contributed by atoms with Crippen molar-refractivity contribution in [1.29, 1.82) is 0 Å². The quantitative estimate of drug-likeness (QED) is 0.489. The van der Waals surface area contributed by atoms with Gasteiger partial charge < -0.3 is 4.74 Å². The third-order valence-electron chi connectivity index (χ3n) is 4.85. The van der Waals surface area contributed by atoms with Gasteiger partial charge >= 0.3 is 0 Å². The second kappa shape index (κ2) is 7.20. The van der Waals surface area contributed by atoms with Gasteiger partial charge in [-0.1, -0.05) is 30.3 Å². The van der Waals surface area contributed by atoms with E-state index >= 15 is 0 Å². The Balaban J connectivity index is 1.62. The average molecular weight is 379 g/mol. The molecule has 0 N–H and O–H groups in total. The summed E-state index contributed by atoms with van der Waals surface area (Å²) in [5.41, 5.74) is 4.72. The maximum atomic E-state index is 13.0. The van der Waals surface area contributed by atoms with E-state index in [2.05, 4.69) is 4.98 Å². The van der Waals surface area contributed by atoms with E-state index in [1.807, 2.05) is 77.6 Å². The van der Waals surface area contributed by atoms with Gasteiger partial charge in [0.05, 0.1) is 11.3 Å². The van der Waals surface area contributed by atoms with Crippen LogP contribution >= 0.6 is 0 Å². The van der Waals surface area contributed by atoms with E-state index in [1.54, 1.807) is 18.5 Å². The number of carbonyl (C=O) groups is 1. The summed E-state index contributed by atoms with van der Waals surface area (Å²) in [6, 6.07) is 21.0. The van der Waals surface area contributed by atoms with Gasteiger partial charge in [0.15, 0.2) is 5.78 Å². The molecule has 4 aromatic rings. The number of hydrogen-bond acceptors (Lipinski definition) is 4. The van der Waals surface area contributed by atoms with Gasteiger partial charge in [-0.3, -0.25) is 9.78 Å². The first kappa shape index (κ1) is 17.1. The molecule has 5 nitrogen and oxygen atoms in total. The Morgan fingerprint density at radius 3 is 2.52 bits per heavy atom. The lowest BCUT2D eigenvalue weighted by Gasteiger charge is -2.18. The van der Waals surface area contributed by atoms with E-state index in [4.69, 9.17) is 9.84 Å². The van der Waals surface area contributed by atoms with Crippen molar-refractivity contribution >= 4 is 11.9 Å². The molecule has 0 radical (unpaired) electrons. The Morgan fingerprint density at radius 2 is 1.69 bits per heavy atom. The van der Waals surface area contributed by atoms with Crippen LogP contribution in [0.3, 0.4) is 0 Å². The van der Waals surface area contributed by atoms with Crippen LogP contribution in [0.15, 0.2) is 90.9 Å². The number of ketones is 1. The Morgan fingerprint density at radius 1 is 0.931 bits per heavy atom. The van der Waals surface area contributed by atoms with Crippen LogP contribution in [-0.2, 0) is 0 Å². The van der Waals surface area contributed by atoms with Crippen LogP contribution in [0.5, 0.6) is 5.75 Å². The van der Waals surface area contributed by atoms with Crippen molar-refractivity contribution in [1.82, 2.24) is 14.8 Å². The number of fused-ring (bicyclic) bond motifs is 1. The van der Waals surface area contributed by atoms with Gasteiger partial charge in [-0.05, 0) is 42.5 Å². The summed E-state index contributed by atoms with van der Waals surface area (Å²) in [7, 11) is 0. The van der Waals surface area contributed by atoms with Crippen molar-refractivity contribution in [2.75, 3.05) is 6.61 Å². The van der Waals surface area contributed by atoms with E-state index in [-0.39, 0.29) is 12.4 Å². The molecule has 2 aromatic heterocycles. The number of Topliss-reactive ketones (excluding diaryl/α,β-unsaturated/α-hetero) is 1. The number of hydrogen-bond donors (Lipinski definition) is 0. The van der Waals surface area contributed by atoms with Crippen molar-refractivity contribution in [2.24, 2.45) is 0 Å². The number of carbonyl (C=O) groups excluding carboxylic acids is 1. The van der Waals surface area contributed by atoms with Gasteiger partial charge in [0.2, 0.25) is 0 Å². The zero-order valence-corrected chi connectivity index (χ0v) is 15.5. The maximum Gasteiger partial charge on any atom is 0.196 e. The highest BCUT2D eigenvalue weighted by Gasteiger charge is 2.23. The molecular weight excluding hydrogens is 362 g/mol. The monoisotopic (exact) mass is 379 g/mol. The van der Waals surface area contributed by atoms with Gasteiger partial charge in [0.25, 0.3) is 0 Å². The summed E-state index contributed by atoms with van der Waals surface area (Å²) in [6.07, 6.45) is 7.28. The van der Waals surface area contributed by atoms with Crippen molar-refractivity contribution in [3.63, 3.8) is 0 Å². The van der Waals surface area contributed by atoms with E-state index in [1.165, 1.54) is 0 Å². The fraction of sp³-hybridized carbons (Fsp3) is 0.0417. The van der Waals surface area contributed by atoms with Crippen LogP contribution in [0.1, 0.15) is 15.9 Å². The highest BCUT2D eigenvalue weighted by Crippen LogP contribution is 2.30. The molecule has 29 heavy (non-hydrogen) atoms. The highest BCUT2D eigenvalue weighted by molar-refractivity contribution is 6.14. The summed E-state index contributed by atoms with van der Waals surface area (Å²) >= 11 is 0. The Bertz CT molecular complexity index is 1210. The zero-order valence-electron chi connectivity index (χ0n) is 15.5. The summed E-state index contributed by atoms with van der Waals surface area (Å²) in [6.45, 7) is 0.238. The molecule has 0 atom stereocenters. The number of rotatable bonds is 3. The van der Waals surface area contributed by atoms with Crippen molar-refractivity contribution < 1.29 is 9.53 Å². The van der Waals surface area contributed by atoms with Crippen LogP contribution in [0.2, 0.25) is 0 Å². The van der Waals surface area contributed by atoms with Gasteiger partial charge in [-0.2, -0.15) is 5.10 Å². The van der Waals surface area contributed by atoms with Crippen LogP contribution in [0, 0.1) is 0 Å². The molecule has 0 bridgehead atoms. The Hall–Kier alpha value is -3.99. The number of para-hydroxylation sites is 2. The predicted octanol–water partition coefficient (Wildman–Crippen LogP) is 4.59. The maximum absolute atomic E-state index is 13.0. The molecule has 3 heterocycles. The van der Waals surface area contributed by atoms with Crippen LogP contribution in [-0.4, -0.2) is 27.2 Å². The fourth-order valence-electron chi connectivity index (χ4n) is 3.41. The number of nitrogens with zero attached hydrogens (tertiary/aromatic N) is 3. The molecule has 140 valence electrons. The molecule has 1 aliphatic heterocycles. The van der Waals surface area contributed by atoms with Crippen molar-refractivity contribution in [2.45, 2.75) is 0 Å². The van der Waals surface area contributed by atoms with Gasteiger partial charge in [0, 0.05) is 35.3 Å². The van der Waals surface area contributed by atoms with Gasteiger partial charge in [-0.25, -0.2) is 4.68 Å². The summed E-state index contributed by atoms with van der Waals surface area (Å²) < 4.78 is 7.61. The van der Waals surface area contributed by atoms with Crippen molar-refractivity contribution in [3.8, 4) is 22.7 Å². The second-order valence-electron chi connectivity index (χ2n) is 6.73. The van der Waals surface area contributed by atoms with Gasteiger partial charge in [-0.15, -0.1) is 0 Å². The van der Waals surface area contributed by atoms with Crippen LogP contribution in [0.4, 0.5) is 0 Å². The minimum atomic E-state index is -0.0139. The third-order valence-corrected chi connectivity index (χ3v) is 4.85. The molecule has 0 fully saturated rings. The minimum Gasteiger partial charge on any atom is -0.488 e. The molecule has 0 spiro atoms. The van der Waals surface area contributed by atoms with Crippen LogP contribution < -0.4 is 4.74 Å². The average Bonchev–Trinajstić information content (AvgIpc) is 3.21. The third kappa shape index (κ3) is 3.23. The lowest BCUT2D eigenvalue weighted by atomic mass is 9.98. The molecule has 0 amide bonds. The van der Waals surface area contributed by atoms with Crippen LogP contribution in [0.25, 0.3) is 23.0 Å². The second-order valence-corrected chi connectivity index (χ2v) is 6.73. The molecule has 0 aliphatic carbocycles. The molecule has 5 rings (SSSR count). The van der Waals surface area contributed by atoms with E-state index < -0.39 is 0 Å². The number of benzene rings is 2. The largest absolute Gasteiger partial charge is 0.488 e. The first-order valence-corrected chi connectivity index (χ1v) is 9.32. The van der Waals surface area contributed by atoms with Crippen molar-refractivity contribution in [3.05, 3.63) is 102 Å². The number of ether oxygens (including phenoxy) is 1. The molecular formula is C24H17N3O2. The molecule has 2 aromatic carbocycles. The lowest BCUT2D eigenvalue weighted by Crippen LogP contribution is -2.18. The van der Waals surface area contributed by atoms with E-state index in [0.717, 1.165) is 22.5 Å². The molecule has 5 heteroatoms. The summed E-state index contributed by atoms with van der Waals surface area (Å²) in [4.78, 5) is 17.1. The molecule has 0 saturated carbocycles. The number of pyridine rings is 1. The molecule has 1 aliphatic rings. The zero-order chi connectivity index (χ0) is 19.6. The number of aromatic nitrogens is 3. The standard InChI is InChI=1S/C24H17N3O2/c28-24-19(16-29-22-9-5-4-8-21(22)24)14-18-15-27(20-6-2-1-3-7-20)26-23(18)17-10-12-25-13-11-17/h1-15H,16H2/b19-14+. The SMILES string of the molecule is O=C1/C(=C/c2cn(-c3ccccc3)nc2-c2ccncc2)COc2ccccc21. The first-order chi connectivity index (χ1) is 14.3. The Labute approximate surface area is 167 Å².